The second kappa shape index (κ2) is 7.39. The van der Waals surface area contributed by atoms with Gasteiger partial charge in [0.2, 0.25) is 5.91 Å². The van der Waals surface area contributed by atoms with Crippen LogP contribution < -0.4 is 16.0 Å². The Labute approximate surface area is 166 Å². The highest BCUT2D eigenvalue weighted by atomic mass is 16.4. The van der Waals surface area contributed by atoms with Crippen LogP contribution in [-0.4, -0.2) is 17.9 Å². The van der Waals surface area contributed by atoms with E-state index in [1.54, 1.807) is 6.07 Å². The normalized spacial score (nSPS) is 14.7. The van der Waals surface area contributed by atoms with Gasteiger partial charge in [-0.1, -0.05) is 0 Å². The summed E-state index contributed by atoms with van der Waals surface area (Å²) in [5.74, 6) is -0.798. The van der Waals surface area contributed by atoms with Crippen molar-refractivity contribution in [2.75, 3.05) is 0 Å². The van der Waals surface area contributed by atoms with Gasteiger partial charge in [-0.15, -0.1) is 0 Å². The molecule has 29 heavy (non-hydrogen) atoms. The number of furan rings is 1. The Bertz CT molecular complexity index is 1190. The summed E-state index contributed by atoms with van der Waals surface area (Å²) in [6.45, 7) is 3.17. The highest BCUT2D eigenvalue weighted by Gasteiger charge is 2.20. The number of rotatable bonds is 5. The van der Waals surface area contributed by atoms with E-state index in [1.807, 2.05) is 13.0 Å². The van der Waals surface area contributed by atoms with E-state index >= 15 is 0 Å². The van der Waals surface area contributed by atoms with Gasteiger partial charge in [-0.3, -0.25) is 4.79 Å². The predicted octanol–water partition coefficient (Wildman–Crippen LogP) is 1.91. The maximum atomic E-state index is 12.5. The SMILES string of the molecule is Cc1c(CCC(=O)N[C@@H](C)C(=O)[O-])c(=O)oc2cc3oc4c(c3cc12)CCCC4. The molecule has 1 aliphatic rings. The van der Waals surface area contributed by atoms with E-state index in [4.69, 9.17) is 8.83 Å². The number of aryl methyl sites for hydroxylation is 3. The minimum absolute atomic E-state index is 0.0158. The first-order valence-electron chi connectivity index (χ1n) is 9.86. The van der Waals surface area contributed by atoms with Crippen molar-refractivity contribution < 1.29 is 23.5 Å². The van der Waals surface area contributed by atoms with E-state index in [-0.39, 0.29) is 12.8 Å². The van der Waals surface area contributed by atoms with Crippen LogP contribution in [0.4, 0.5) is 0 Å². The molecular formula is C22H22NO6-. The van der Waals surface area contributed by atoms with Crippen molar-refractivity contribution in [1.82, 2.24) is 5.32 Å². The van der Waals surface area contributed by atoms with Crippen LogP contribution in [0.2, 0.25) is 0 Å². The molecule has 0 aliphatic heterocycles. The van der Waals surface area contributed by atoms with E-state index in [9.17, 15) is 19.5 Å². The topological polar surface area (TPSA) is 113 Å². The highest BCUT2D eigenvalue weighted by molar-refractivity contribution is 5.97. The molecule has 7 heteroatoms. The van der Waals surface area contributed by atoms with Crippen molar-refractivity contribution in [3.8, 4) is 0 Å². The average Bonchev–Trinajstić information content (AvgIpc) is 3.03. The third-order valence-electron chi connectivity index (χ3n) is 5.70. The van der Waals surface area contributed by atoms with Gasteiger partial charge in [-0.05, 0) is 51.2 Å². The fourth-order valence-corrected chi connectivity index (χ4v) is 4.04. The average molecular weight is 396 g/mol. The third kappa shape index (κ3) is 3.52. The van der Waals surface area contributed by atoms with Crippen molar-refractivity contribution in [2.45, 2.75) is 58.4 Å². The number of aliphatic carboxylic acids is 1. The summed E-state index contributed by atoms with van der Waals surface area (Å²) in [5, 5.41) is 15.0. The summed E-state index contributed by atoms with van der Waals surface area (Å²) < 4.78 is 11.5. The predicted molar refractivity (Wildman–Crippen MR) is 105 cm³/mol. The summed E-state index contributed by atoms with van der Waals surface area (Å²) >= 11 is 0. The van der Waals surface area contributed by atoms with Gasteiger partial charge in [-0.2, -0.15) is 0 Å². The summed E-state index contributed by atoms with van der Waals surface area (Å²) in [5.41, 5.74) is 3.12. The first-order valence-corrected chi connectivity index (χ1v) is 9.86. The summed E-state index contributed by atoms with van der Waals surface area (Å²) in [7, 11) is 0. The molecule has 1 aliphatic carbocycles. The van der Waals surface area contributed by atoms with Crippen LogP contribution in [0.3, 0.4) is 0 Å². The molecule has 0 spiro atoms. The van der Waals surface area contributed by atoms with Crippen molar-refractivity contribution in [3.05, 3.63) is 45.0 Å². The molecule has 7 nitrogen and oxygen atoms in total. The Balaban J connectivity index is 1.68. The molecule has 4 rings (SSSR count). The number of benzene rings is 1. The van der Waals surface area contributed by atoms with Gasteiger partial charge in [0, 0.05) is 40.8 Å². The molecule has 0 bridgehead atoms. The van der Waals surface area contributed by atoms with Gasteiger partial charge in [0.25, 0.3) is 0 Å². The monoisotopic (exact) mass is 396 g/mol. The maximum Gasteiger partial charge on any atom is 0.339 e. The van der Waals surface area contributed by atoms with Crippen molar-refractivity contribution in [2.24, 2.45) is 0 Å². The smallest absolute Gasteiger partial charge is 0.339 e. The van der Waals surface area contributed by atoms with Crippen molar-refractivity contribution >= 4 is 33.8 Å². The number of carboxylic acid groups (broad SMARTS) is 1. The number of carbonyl (C=O) groups is 2. The third-order valence-corrected chi connectivity index (χ3v) is 5.70. The van der Waals surface area contributed by atoms with E-state index in [0.717, 1.165) is 53.4 Å². The van der Waals surface area contributed by atoms with Crippen LogP contribution >= 0.6 is 0 Å². The molecule has 2 aromatic heterocycles. The molecular weight excluding hydrogens is 374 g/mol. The summed E-state index contributed by atoms with van der Waals surface area (Å²) in [6, 6.07) is 2.70. The number of hydrogen-bond acceptors (Lipinski definition) is 6. The molecule has 1 N–H and O–H groups in total. The number of carboxylic acids is 1. The van der Waals surface area contributed by atoms with E-state index < -0.39 is 23.5 Å². The van der Waals surface area contributed by atoms with Crippen LogP contribution in [0.5, 0.6) is 0 Å². The molecule has 0 unspecified atom stereocenters. The van der Waals surface area contributed by atoms with Crippen LogP contribution in [0.1, 0.15) is 48.6 Å². The standard InChI is InChI=1S/C22H23NO6/c1-11-13(7-8-20(24)23-12(2)21(25)26)22(27)29-18-10-19-16(9-15(11)18)14-5-3-4-6-17(14)28-19/h9-10,12H,3-8H2,1-2H3,(H,23,24)(H,25,26)/p-1/t12-/m0/s1. The van der Waals surface area contributed by atoms with Crippen LogP contribution in [0, 0.1) is 6.92 Å². The number of hydrogen-bond donors (Lipinski definition) is 1. The minimum Gasteiger partial charge on any atom is -0.548 e. The van der Waals surface area contributed by atoms with Gasteiger partial charge in [0.1, 0.15) is 16.9 Å². The van der Waals surface area contributed by atoms with Gasteiger partial charge < -0.3 is 24.1 Å². The molecule has 1 amide bonds. The van der Waals surface area contributed by atoms with Gasteiger partial charge in [0.05, 0.1) is 12.0 Å². The van der Waals surface area contributed by atoms with Crippen molar-refractivity contribution in [1.29, 1.82) is 0 Å². The van der Waals surface area contributed by atoms with Crippen LogP contribution in [0.15, 0.2) is 25.8 Å². The Morgan fingerprint density at radius 2 is 1.86 bits per heavy atom. The second-order valence-corrected chi connectivity index (χ2v) is 7.66. The largest absolute Gasteiger partial charge is 0.548 e. The quantitative estimate of drug-likeness (QED) is 0.659. The fraction of sp³-hybridized carbons (Fsp3) is 0.409. The first kappa shape index (κ1) is 19.2. The van der Waals surface area contributed by atoms with E-state index in [0.29, 0.717) is 11.1 Å². The number of fused-ring (bicyclic) bond motifs is 4. The number of carbonyl (C=O) groups excluding carboxylic acids is 2. The molecule has 3 aromatic rings. The number of amides is 1. The Hall–Kier alpha value is -3.09. The Kier molecular flexibility index (Phi) is 4.90. The lowest BCUT2D eigenvalue weighted by molar-refractivity contribution is -0.307. The molecule has 0 saturated carbocycles. The molecule has 0 saturated heterocycles. The summed E-state index contributed by atoms with van der Waals surface area (Å²) in [4.78, 5) is 35.2. The van der Waals surface area contributed by atoms with Gasteiger partial charge >= 0.3 is 5.63 Å². The van der Waals surface area contributed by atoms with Crippen LogP contribution in [-0.2, 0) is 28.9 Å². The molecule has 1 aromatic carbocycles. The number of nitrogens with one attached hydrogen (secondary N) is 1. The molecule has 2 heterocycles. The fourth-order valence-electron chi connectivity index (χ4n) is 4.04. The zero-order valence-corrected chi connectivity index (χ0v) is 16.4. The summed E-state index contributed by atoms with van der Waals surface area (Å²) in [6.07, 6.45) is 4.30. The molecule has 0 radical (unpaired) electrons. The Morgan fingerprint density at radius 1 is 1.14 bits per heavy atom. The van der Waals surface area contributed by atoms with Gasteiger partial charge in [0.15, 0.2) is 0 Å². The second-order valence-electron chi connectivity index (χ2n) is 7.66. The van der Waals surface area contributed by atoms with Crippen LogP contribution in [0.25, 0.3) is 21.9 Å². The molecule has 1 atom stereocenters. The van der Waals surface area contributed by atoms with Crippen molar-refractivity contribution in [3.63, 3.8) is 0 Å². The van der Waals surface area contributed by atoms with E-state index in [2.05, 4.69) is 5.32 Å². The first-order chi connectivity index (χ1) is 13.8. The molecule has 152 valence electrons. The minimum atomic E-state index is -1.35. The highest BCUT2D eigenvalue weighted by Crippen LogP contribution is 2.35. The lowest BCUT2D eigenvalue weighted by Crippen LogP contribution is -2.46. The maximum absolute atomic E-state index is 12.5. The zero-order chi connectivity index (χ0) is 20.7. The zero-order valence-electron chi connectivity index (χ0n) is 16.4. The lowest BCUT2D eigenvalue weighted by atomic mass is 9.94. The Morgan fingerprint density at radius 3 is 2.62 bits per heavy atom. The van der Waals surface area contributed by atoms with Gasteiger partial charge in [-0.25, -0.2) is 4.79 Å². The van der Waals surface area contributed by atoms with E-state index in [1.165, 1.54) is 12.5 Å². The molecule has 0 fully saturated rings. The lowest BCUT2D eigenvalue weighted by Gasteiger charge is -2.14.